The van der Waals surface area contributed by atoms with E-state index in [1.54, 1.807) is 36.9 Å². The number of methoxy groups -OCH3 is 2. The van der Waals surface area contributed by atoms with E-state index in [0.717, 1.165) is 5.69 Å². The molecule has 142 valence electrons. The summed E-state index contributed by atoms with van der Waals surface area (Å²) in [7, 11) is 4.79. The Morgan fingerprint density at radius 3 is 2.41 bits per heavy atom. The number of anilines is 1. The van der Waals surface area contributed by atoms with Gasteiger partial charge < -0.3 is 14.8 Å². The molecule has 0 saturated carbocycles. The molecule has 0 spiro atoms. The first-order chi connectivity index (χ1) is 12.8. The van der Waals surface area contributed by atoms with Gasteiger partial charge >= 0.3 is 0 Å². The van der Waals surface area contributed by atoms with Gasteiger partial charge in [0.2, 0.25) is 5.91 Å². The molecule has 1 N–H and O–H groups in total. The third-order valence-electron chi connectivity index (χ3n) is 4.33. The molecule has 0 atom stereocenters. The van der Waals surface area contributed by atoms with Crippen molar-refractivity contribution in [3.63, 3.8) is 0 Å². The molecule has 0 saturated heterocycles. The zero-order chi connectivity index (χ0) is 19.7. The number of aryl methyl sites for hydroxylation is 3. The van der Waals surface area contributed by atoms with Crippen LogP contribution in [0.15, 0.2) is 23.0 Å². The molecule has 2 aromatic heterocycles. The van der Waals surface area contributed by atoms with Gasteiger partial charge in [-0.25, -0.2) is 4.98 Å². The number of hydrogen-bond acceptors (Lipinski definition) is 6. The highest BCUT2D eigenvalue weighted by Gasteiger charge is 2.16. The lowest BCUT2D eigenvalue weighted by Crippen LogP contribution is -2.30. The number of nitrogens with zero attached hydrogens (tertiary/aromatic N) is 4. The Labute approximate surface area is 155 Å². The summed E-state index contributed by atoms with van der Waals surface area (Å²) in [5.41, 5.74) is 1.06. The molecule has 0 aliphatic heterocycles. The Hall–Kier alpha value is -3.36. The van der Waals surface area contributed by atoms with Crippen LogP contribution in [0.3, 0.4) is 0 Å². The Balaban J connectivity index is 1.96. The molecular weight excluding hydrogens is 350 g/mol. The second kappa shape index (κ2) is 7.10. The van der Waals surface area contributed by atoms with E-state index in [0.29, 0.717) is 34.0 Å². The first kappa shape index (κ1) is 18.4. The van der Waals surface area contributed by atoms with Gasteiger partial charge in [-0.15, -0.1) is 0 Å². The van der Waals surface area contributed by atoms with Crippen molar-refractivity contribution in [2.24, 2.45) is 7.05 Å². The van der Waals surface area contributed by atoms with E-state index in [9.17, 15) is 9.59 Å². The smallest absolute Gasteiger partial charge is 0.262 e. The van der Waals surface area contributed by atoms with Gasteiger partial charge in [-0.05, 0) is 19.9 Å². The average Bonchev–Trinajstić information content (AvgIpc) is 2.94. The van der Waals surface area contributed by atoms with Crippen LogP contribution in [-0.2, 0) is 18.4 Å². The first-order valence-electron chi connectivity index (χ1n) is 8.27. The fourth-order valence-corrected chi connectivity index (χ4v) is 2.79. The van der Waals surface area contributed by atoms with Crippen molar-refractivity contribution in [2.45, 2.75) is 20.4 Å². The topological polar surface area (TPSA) is 100 Å². The average molecular weight is 371 g/mol. The van der Waals surface area contributed by atoms with Gasteiger partial charge in [0.25, 0.3) is 5.56 Å². The summed E-state index contributed by atoms with van der Waals surface area (Å²) in [6.45, 7) is 3.39. The molecule has 0 aliphatic carbocycles. The SMILES string of the molecule is COc1cc2nc(C)n(CC(=O)Nc3cc(C)n(C)n3)c(=O)c2cc1OC. The van der Waals surface area contributed by atoms with Crippen molar-refractivity contribution >= 4 is 22.6 Å². The standard InChI is InChI=1S/C18H21N5O4/c1-10-6-16(21-22(10)3)20-17(24)9-23-11(2)19-13-8-15(27-5)14(26-4)7-12(13)18(23)25/h6-8H,9H2,1-5H3,(H,20,21,24). The minimum absolute atomic E-state index is 0.169. The summed E-state index contributed by atoms with van der Waals surface area (Å²) >= 11 is 0. The van der Waals surface area contributed by atoms with Gasteiger partial charge in [0, 0.05) is 24.9 Å². The highest BCUT2D eigenvalue weighted by molar-refractivity contribution is 5.90. The molecule has 9 nitrogen and oxygen atoms in total. The van der Waals surface area contributed by atoms with Gasteiger partial charge in [0.1, 0.15) is 12.4 Å². The molecule has 0 aliphatic rings. The van der Waals surface area contributed by atoms with Crippen molar-refractivity contribution in [3.05, 3.63) is 40.1 Å². The number of hydrogen-bond donors (Lipinski definition) is 1. The monoisotopic (exact) mass is 371 g/mol. The molecule has 0 bridgehead atoms. The Morgan fingerprint density at radius 2 is 1.81 bits per heavy atom. The van der Waals surface area contributed by atoms with E-state index in [1.165, 1.54) is 18.8 Å². The lowest BCUT2D eigenvalue weighted by atomic mass is 10.2. The first-order valence-corrected chi connectivity index (χ1v) is 8.27. The van der Waals surface area contributed by atoms with E-state index >= 15 is 0 Å². The highest BCUT2D eigenvalue weighted by atomic mass is 16.5. The molecule has 0 fully saturated rings. The summed E-state index contributed by atoms with van der Waals surface area (Å²) in [6, 6.07) is 4.96. The minimum Gasteiger partial charge on any atom is -0.493 e. The number of benzene rings is 1. The van der Waals surface area contributed by atoms with Crippen LogP contribution < -0.4 is 20.3 Å². The lowest BCUT2D eigenvalue weighted by Gasteiger charge is -2.13. The zero-order valence-electron chi connectivity index (χ0n) is 15.9. The molecule has 3 aromatic rings. The van der Waals surface area contributed by atoms with Crippen molar-refractivity contribution < 1.29 is 14.3 Å². The number of carbonyl (C=O) groups is 1. The summed E-state index contributed by atoms with van der Waals surface area (Å²) in [5.74, 6) is 1.41. The molecular formula is C18H21N5O4. The normalized spacial score (nSPS) is 10.9. The number of nitrogens with one attached hydrogen (secondary N) is 1. The van der Waals surface area contributed by atoms with Crippen molar-refractivity contribution in [1.82, 2.24) is 19.3 Å². The summed E-state index contributed by atoms with van der Waals surface area (Å²) in [5, 5.41) is 7.22. The van der Waals surface area contributed by atoms with Crippen molar-refractivity contribution in [3.8, 4) is 11.5 Å². The van der Waals surface area contributed by atoms with Crippen LogP contribution in [0, 0.1) is 13.8 Å². The highest BCUT2D eigenvalue weighted by Crippen LogP contribution is 2.30. The van der Waals surface area contributed by atoms with E-state index in [1.807, 2.05) is 6.92 Å². The predicted octanol–water partition coefficient (Wildman–Crippen LogP) is 1.40. The van der Waals surface area contributed by atoms with Crippen molar-refractivity contribution in [2.75, 3.05) is 19.5 Å². The maximum Gasteiger partial charge on any atom is 0.262 e. The summed E-state index contributed by atoms with van der Waals surface area (Å²) < 4.78 is 13.5. The second-order valence-electron chi connectivity index (χ2n) is 6.12. The number of amides is 1. The maximum absolute atomic E-state index is 12.9. The fraction of sp³-hybridized carbons (Fsp3) is 0.333. The van der Waals surface area contributed by atoms with E-state index in [-0.39, 0.29) is 18.0 Å². The molecule has 0 radical (unpaired) electrons. The number of carbonyl (C=O) groups excluding carboxylic acids is 1. The Kier molecular flexibility index (Phi) is 4.85. The summed E-state index contributed by atoms with van der Waals surface area (Å²) in [6.07, 6.45) is 0. The summed E-state index contributed by atoms with van der Waals surface area (Å²) in [4.78, 5) is 29.7. The third-order valence-corrected chi connectivity index (χ3v) is 4.33. The van der Waals surface area contributed by atoms with Crippen LogP contribution in [0.5, 0.6) is 11.5 Å². The molecule has 0 unspecified atom stereocenters. The molecule has 2 heterocycles. The van der Waals surface area contributed by atoms with Crippen LogP contribution in [-0.4, -0.2) is 39.5 Å². The number of fused-ring (bicyclic) bond motifs is 1. The number of rotatable bonds is 5. The van der Waals surface area contributed by atoms with E-state index in [2.05, 4.69) is 15.4 Å². The third kappa shape index (κ3) is 3.48. The fourth-order valence-electron chi connectivity index (χ4n) is 2.79. The number of ether oxygens (including phenoxy) is 2. The van der Waals surface area contributed by atoms with Gasteiger partial charge in [-0.1, -0.05) is 0 Å². The van der Waals surface area contributed by atoms with Crippen LogP contribution >= 0.6 is 0 Å². The molecule has 9 heteroatoms. The molecule has 1 amide bonds. The van der Waals surface area contributed by atoms with Crippen molar-refractivity contribution in [1.29, 1.82) is 0 Å². The lowest BCUT2D eigenvalue weighted by molar-refractivity contribution is -0.116. The molecule has 27 heavy (non-hydrogen) atoms. The van der Waals surface area contributed by atoms with E-state index < -0.39 is 0 Å². The zero-order valence-corrected chi connectivity index (χ0v) is 15.9. The Morgan fingerprint density at radius 1 is 1.15 bits per heavy atom. The number of aromatic nitrogens is 4. The van der Waals surface area contributed by atoms with Gasteiger partial charge in [0.15, 0.2) is 17.3 Å². The van der Waals surface area contributed by atoms with Gasteiger partial charge in [-0.2, -0.15) is 5.10 Å². The van der Waals surface area contributed by atoms with Gasteiger partial charge in [-0.3, -0.25) is 18.8 Å². The molecule has 1 aromatic carbocycles. The quantitative estimate of drug-likeness (QED) is 0.728. The van der Waals surface area contributed by atoms with Crippen LogP contribution in [0.2, 0.25) is 0 Å². The molecule has 3 rings (SSSR count). The minimum atomic E-state index is -0.361. The Bertz CT molecular complexity index is 1060. The predicted molar refractivity (Wildman–Crippen MR) is 100 cm³/mol. The van der Waals surface area contributed by atoms with Gasteiger partial charge in [0.05, 0.1) is 25.1 Å². The maximum atomic E-state index is 12.9. The van der Waals surface area contributed by atoms with E-state index in [4.69, 9.17) is 9.47 Å². The van der Waals surface area contributed by atoms with Crippen LogP contribution in [0.1, 0.15) is 11.5 Å². The van der Waals surface area contributed by atoms with Crippen LogP contribution in [0.25, 0.3) is 10.9 Å². The second-order valence-corrected chi connectivity index (χ2v) is 6.12. The van der Waals surface area contributed by atoms with Crippen LogP contribution in [0.4, 0.5) is 5.82 Å². The largest absolute Gasteiger partial charge is 0.493 e.